The molecule has 2 rings (SSSR count). The molecule has 0 aromatic carbocycles. The maximum absolute atomic E-state index is 6.31. The third-order valence-corrected chi connectivity index (χ3v) is 3.73. The summed E-state index contributed by atoms with van der Waals surface area (Å²) in [6.07, 6.45) is 2.62. The van der Waals surface area contributed by atoms with Gasteiger partial charge in [-0.15, -0.1) is 0 Å². The molecule has 6 heteroatoms. The Morgan fingerprint density at radius 3 is 2.60 bits per heavy atom. The quantitative estimate of drug-likeness (QED) is 0.891. The van der Waals surface area contributed by atoms with Crippen LogP contribution in [0.15, 0.2) is 12.3 Å². The van der Waals surface area contributed by atoms with Crippen LogP contribution in [-0.2, 0) is 20.0 Å². The number of halogens is 1. The minimum Gasteiger partial charge on any atom is -0.304 e. The number of nitrogens with zero attached hydrogens (tertiary/aromatic N) is 4. The van der Waals surface area contributed by atoms with Crippen molar-refractivity contribution in [2.24, 2.45) is 7.05 Å². The van der Waals surface area contributed by atoms with Gasteiger partial charge < -0.3 is 5.32 Å². The van der Waals surface area contributed by atoms with Crippen LogP contribution in [0.25, 0.3) is 0 Å². The second kappa shape index (κ2) is 6.41. The molecule has 0 aliphatic carbocycles. The van der Waals surface area contributed by atoms with E-state index in [1.165, 1.54) is 0 Å². The van der Waals surface area contributed by atoms with Crippen molar-refractivity contribution in [1.29, 1.82) is 0 Å². The zero-order valence-corrected chi connectivity index (χ0v) is 13.3. The Morgan fingerprint density at radius 1 is 1.35 bits per heavy atom. The molecule has 0 aliphatic heterocycles. The van der Waals surface area contributed by atoms with Gasteiger partial charge in [-0.2, -0.15) is 10.2 Å². The van der Waals surface area contributed by atoms with Crippen molar-refractivity contribution in [3.05, 3.63) is 34.4 Å². The van der Waals surface area contributed by atoms with E-state index in [0.717, 1.165) is 36.6 Å². The summed E-state index contributed by atoms with van der Waals surface area (Å²) in [5, 5.41) is 13.0. The van der Waals surface area contributed by atoms with Crippen LogP contribution < -0.4 is 5.32 Å². The van der Waals surface area contributed by atoms with Gasteiger partial charge in [-0.25, -0.2) is 0 Å². The highest BCUT2D eigenvalue weighted by atomic mass is 35.5. The van der Waals surface area contributed by atoms with Gasteiger partial charge in [-0.1, -0.05) is 25.4 Å². The van der Waals surface area contributed by atoms with Crippen LogP contribution in [0.3, 0.4) is 0 Å². The Hall–Kier alpha value is -1.33. The molecular weight excluding hydrogens is 274 g/mol. The van der Waals surface area contributed by atoms with E-state index in [1.807, 2.05) is 16.4 Å². The average molecular weight is 296 g/mol. The van der Waals surface area contributed by atoms with Crippen molar-refractivity contribution in [3.63, 3.8) is 0 Å². The van der Waals surface area contributed by atoms with E-state index in [0.29, 0.717) is 5.02 Å². The number of rotatable bonds is 6. The van der Waals surface area contributed by atoms with Crippen molar-refractivity contribution in [2.75, 3.05) is 6.54 Å². The Bertz CT molecular complexity index is 553. The minimum absolute atomic E-state index is 0.00718. The van der Waals surface area contributed by atoms with Gasteiger partial charge in [0.15, 0.2) is 0 Å². The fraction of sp³-hybridized carbons (Fsp3) is 0.571. The number of aryl methyl sites for hydroxylation is 3. The van der Waals surface area contributed by atoms with Crippen LogP contribution in [-0.4, -0.2) is 26.1 Å². The normalized spacial score (nSPS) is 12.8. The molecule has 1 atom stereocenters. The average Bonchev–Trinajstić information content (AvgIpc) is 3.00. The molecule has 0 fully saturated rings. The molecule has 5 nitrogen and oxygen atoms in total. The predicted molar refractivity (Wildman–Crippen MR) is 81.0 cm³/mol. The van der Waals surface area contributed by atoms with Crippen LogP contribution in [0.5, 0.6) is 0 Å². The van der Waals surface area contributed by atoms with Crippen LogP contribution in [0.2, 0.25) is 5.02 Å². The molecule has 2 heterocycles. The molecule has 0 saturated heterocycles. The highest BCUT2D eigenvalue weighted by Crippen LogP contribution is 2.28. The fourth-order valence-electron chi connectivity index (χ4n) is 2.44. The van der Waals surface area contributed by atoms with Gasteiger partial charge in [0.05, 0.1) is 34.3 Å². The second-order valence-corrected chi connectivity index (χ2v) is 5.13. The summed E-state index contributed by atoms with van der Waals surface area (Å²) in [7, 11) is 1.92. The van der Waals surface area contributed by atoms with E-state index in [1.54, 1.807) is 6.20 Å². The maximum Gasteiger partial charge on any atom is 0.0933 e. The van der Waals surface area contributed by atoms with Crippen LogP contribution in [0, 0.1) is 0 Å². The molecular formula is C14H22ClN5. The lowest BCUT2D eigenvalue weighted by Gasteiger charge is -2.19. The minimum atomic E-state index is 0.00718. The van der Waals surface area contributed by atoms with E-state index in [9.17, 15) is 0 Å². The Labute approximate surface area is 124 Å². The predicted octanol–water partition coefficient (Wildman–Crippen LogP) is 2.55. The standard InChI is InChI=1S/C14H22ClN5/c1-5-10-8-12(20(7-3)18-10)13(16-6-2)14-11(15)9-17-19(14)4/h8-9,13,16H,5-7H2,1-4H3. The van der Waals surface area contributed by atoms with Gasteiger partial charge in [-0.3, -0.25) is 9.36 Å². The summed E-state index contributed by atoms with van der Waals surface area (Å²) in [5.41, 5.74) is 3.21. The third-order valence-electron chi connectivity index (χ3n) is 3.44. The molecule has 110 valence electrons. The molecule has 2 aromatic heterocycles. The topological polar surface area (TPSA) is 47.7 Å². The zero-order valence-electron chi connectivity index (χ0n) is 12.5. The molecule has 1 unspecified atom stereocenters. The molecule has 0 radical (unpaired) electrons. The molecule has 0 spiro atoms. The number of hydrogen-bond acceptors (Lipinski definition) is 3. The summed E-state index contributed by atoms with van der Waals surface area (Å²) >= 11 is 6.31. The van der Waals surface area contributed by atoms with Crippen molar-refractivity contribution in [3.8, 4) is 0 Å². The Balaban J connectivity index is 2.51. The largest absolute Gasteiger partial charge is 0.304 e. The summed E-state index contributed by atoms with van der Waals surface area (Å²) in [4.78, 5) is 0. The van der Waals surface area contributed by atoms with Gasteiger partial charge in [-0.05, 0) is 26.0 Å². The summed E-state index contributed by atoms with van der Waals surface area (Å²) < 4.78 is 3.86. The van der Waals surface area contributed by atoms with E-state index >= 15 is 0 Å². The monoisotopic (exact) mass is 295 g/mol. The van der Waals surface area contributed by atoms with Gasteiger partial charge in [0, 0.05) is 13.6 Å². The molecule has 0 amide bonds. The first kappa shape index (κ1) is 15.1. The maximum atomic E-state index is 6.31. The van der Waals surface area contributed by atoms with Crippen molar-refractivity contribution in [1.82, 2.24) is 24.9 Å². The third kappa shape index (κ3) is 2.74. The Morgan fingerprint density at radius 2 is 2.10 bits per heavy atom. The first-order valence-corrected chi connectivity index (χ1v) is 7.47. The van der Waals surface area contributed by atoms with E-state index in [2.05, 4.69) is 42.4 Å². The molecule has 2 aromatic rings. The van der Waals surface area contributed by atoms with Crippen LogP contribution in [0.1, 0.15) is 43.9 Å². The number of nitrogens with one attached hydrogen (secondary N) is 1. The van der Waals surface area contributed by atoms with Crippen LogP contribution in [0.4, 0.5) is 0 Å². The van der Waals surface area contributed by atoms with Gasteiger partial charge in [0.1, 0.15) is 0 Å². The summed E-state index contributed by atoms with van der Waals surface area (Å²) in [6, 6.07) is 2.16. The molecule has 20 heavy (non-hydrogen) atoms. The van der Waals surface area contributed by atoms with E-state index < -0.39 is 0 Å². The smallest absolute Gasteiger partial charge is 0.0933 e. The van der Waals surface area contributed by atoms with E-state index in [-0.39, 0.29) is 6.04 Å². The van der Waals surface area contributed by atoms with Gasteiger partial charge in [0.2, 0.25) is 0 Å². The van der Waals surface area contributed by atoms with Crippen molar-refractivity contribution >= 4 is 11.6 Å². The van der Waals surface area contributed by atoms with Crippen LogP contribution >= 0.6 is 11.6 Å². The van der Waals surface area contributed by atoms with Gasteiger partial charge in [0.25, 0.3) is 0 Å². The molecule has 0 saturated carbocycles. The first-order chi connectivity index (χ1) is 9.62. The van der Waals surface area contributed by atoms with Crippen molar-refractivity contribution in [2.45, 2.75) is 39.8 Å². The van der Waals surface area contributed by atoms with E-state index in [4.69, 9.17) is 11.6 Å². The lowest BCUT2D eigenvalue weighted by atomic mass is 10.1. The number of aromatic nitrogens is 4. The molecule has 1 N–H and O–H groups in total. The molecule has 0 bridgehead atoms. The zero-order chi connectivity index (χ0) is 14.7. The lowest BCUT2D eigenvalue weighted by Crippen LogP contribution is -2.27. The second-order valence-electron chi connectivity index (χ2n) is 4.72. The SMILES string of the molecule is CCNC(c1c(Cl)cnn1C)c1cc(CC)nn1CC. The van der Waals surface area contributed by atoms with Gasteiger partial charge >= 0.3 is 0 Å². The fourth-order valence-corrected chi connectivity index (χ4v) is 2.71. The lowest BCUT2D eigenvalue weighted by molar-refractivity contribution is 0.513. The Kier molecular flexibility index (Phi) is 4.83. The number of hydrogen-bond donors (Lipinski definition) is 1. The first-order valence-electron chi connectivity index (χ1n) is 7.09. The highest BCUT2D eigenvalue weighted by Gasteiger charge is 2.24. The highest BCUT2D eigenvalue weighted by molar-refractivity contribution is 6.31. The summed E-state index contributed by atoms with van der Waals surface area (Å²) in [6.45, 7) is 8.00. The molecule has 0 aliphatic rings. The summed E-state index contributed by atoms with van der Waals surface area (Å²) in [5.74, 6) is 0. The van der Waals surface area contributed by atoms with Crippen molar-refractivity contribution < 1.29 is 0 Å².